The predicted molar refractivity (Wildman–Crippen MR) is 87.6 cm³/mol. The Labute approximate surface area is 140 Å². The largest absolute Gasteiger partial charge is 0.506 e. The van der Waals surface area contributed by atoms with Crippen LogP contribution in [-0.4, -0.2) is 22.0 Å². The molecule has 120 valence electrons. The van der Waals surface area contributed by atoms with E-state index in [0.29, 0.717) is 5.75 Å². The summed E-state index contributed by atoms with van der Waals surface area (Å²) in [6.45, 7) is 1.53. The number of non-ortho nitro benzene ring substituents is 1. The lowest BCUT2D eigenvalue weighted by Gasteiger charge is -2.15. The second kappa shape index (κ2) is 7.10. The summed E-state index contributed by atoms with van der Waals surface area (Å²) in [4.78, 5) is 22.2. The number of hydrogen-bond donors (Lipinski definition) is 2. The Kier molecular flexibility index (Phi) is 5.17. The van der Waals surface area contributed by atoms with Gasteiger partial charge in [-0.3, -0.25) is 14.9 Å². The molecule has 0 aromatic heterocycles. The molecule has 2 aromatic rings. The van der Waals surface area contributed by atoms with Crippen LogP contribution in [0.5, 0.6) is 11.5 Å². The highest BCUT2D eigenvalue weighted by atomic mass is 79.9. The maximum atomic E-state index is 12.1. The van der Waals surface area contributed by atoms with E-state index in [1.807, 2.05) is 0 Å². The second-order valence-corrected chi connectivity index (χ2v) is 5.58. The molecule has 0 radical (unpaired) electrons. The van der Waals surface area contributed by atoms with Gasteiger partial charge in [0, 0.05) is 16.6 Å². The molecule has 0 fully saturated rings. The van der Waals surface area contributed by atoms with Gasteiger partial charge in [0.15, 0.2) is 6.10 Å². The van der Waals surface area contributed by atoms with Crippen molar-refractivity contribution in [1.82, 2.24) is 0 Å². The van der Waals surface area contributed by atoms with Crippen molar-refractivity contribution >= 4 is 33.2 Å². The maximum absolute atomic E-state index is 12.1. The van der Waals surface area contributed by atoms with Crippen molar-refractivity contribution in [3.8, 4) is 11.5 Å². The van der Waals surface area contributed by atoms with Crippen LogP contribution < -0.4 is 10.1 Å². The Morgan fingerprint density at radius 1 is 1.30 bits per heavy atom. The van der Waals surface area contributed by atoms with Crippen molar-refractivity contribution in [3.63, 3.8) is 0 Å². The number of aromatic hydroxyl groups is 1. The van der Waals surface area contributed by atoms with Crippen molar-refractivity contribution in [3.05, 3.63) is 57.1 Å². The van der Waals surface area contributed by atoms with Gasteiger partial charge >= 0.3 is 0 Å². The number of nitrogens with zero attached hydrogens (tertiary/aromatic N) is 1. The van der Waals surface area contributed by atoms with Gasteiger partial charge in [0.05, 0.1) is 10.6 Å². The van der Waals surface area contributed by atoms with E-state index in [4.69, 9.17) is 4.74 Å². The molecule has 2 aromatic carbocycles. The van der Waals surface area contributed by atoms with Crippen molar-refractivity contribution < 1.29 is 19.6 Å². The molecular formula is C15H13BrN2O5. The summed E-state index contributed by atoms with van der Waals surface area (Å²) < 4.78 is 6.35. The molecule has 2 N–H and O–H groups in total. The Balaban J connectivity index is 2.07. The first-order chi connectivity index (χ1) is 10.9. The van der Waals surface area contributed by atoms with Crippen LogP contribution in [-0.2, 0) is 4.79 Å². The molecule has 1 unspecified atom stereocenters. The molecule has 1 amide bonds. The Morgan fingerprint density at radius 3 is 2.57 bits per heavy atom. The molecule has 2 rings (SSSR count). The molecule has 1 atom stereocenters. The average Bonchev–Trinajstić information content (AvgIpc) is 2.51. The van der Waals surface area contributed by atoms with Gasteiger partial charge in [-0.2, -0.15) is 0 Å². The molecule has 0 bridgehead atoms. The van der Waals surface area contributed by atoms with Crippen LogP contribution in [0.3, 0.4) is 0 Å². The van der Waals surface area contributed by atoms with Crippen LogP contribution in [0.4, 0.5) is 11.4 Å². The number of halogens is 1. The van der Waals surface area contributed by atoms with Crippen molar-refractivity contribution in [2.24, 2.45) is 0 Å². The third kappa shape index (κ3) is 4.43. The summed E-state index contributed by atoms with van der Waals surface area (Å²) in [6, 6.07) is 10.3. The number of carbonyl (C=O) groups excluding carboxylic acids is 1. The smallest absolute Gasteiger partial charge is 0.271 e. The summed E-state index contributed by atoms with van der Waals surface area (Å²) in [6.07, 6.45) is -0.852. The quantitative estimate of drug-likeness (QED) is 0.469. The van der Waals surface area contributed by atoms with E-state index in [0.717, 1.165) is 22.7 Å². The number of rotatable bonds is 5. The molecule has 8 heteroatoms. The average molecular weight is 381 g/mol. The number of nitro groups is 1. The van der Waals surface area contributed by atoms with Crippen LogP contribution in [0, 0.1) is 10.1 Å². The van der Waals surface area contributed by atoms with Crippen LogP contribution in [0.2, 0.25) is 0 Å². The molecule has 0 saturated heterocycles. The van der Waals surface area contributed by atoms with Crippen LogP contribution in [0.15, 0.2) is 46.9 Å². The number of benzene rings is 2. The fourth-order valence-electron chi connectivity index (χ4n) is 1.74. The monoisotopic (exact) mass is 380 g/mol. The third-order valence-corrected chi connectivity index (χ3v) is 3.47. The lowest BCUT2D eigenvalue weighted by molar-refractivity contribution is -0.384. The number of phenolic OH excluding ortho intramolecular Hbond substituents is 1. The van der Waals surface area contributed by atoms with E-state index in [-0.39, 0.29) is 17.1 Å². The molecule has 0 spiro atoms. The minimum atomic E-state index is -0.852. The zero-order valence-electron chi connectivity index (χ0n) is 12.0. The van der Waals surface area contributed by atoms with E-state index >= 15 is 0 Å². The lowest BCUT2D eigenvalue weighted by Crippen LogP contribution is -2.30. The van der Waals surface area contributed by atoms with Crippen LogP contribution in [0.25, 0.3) is 0 Å². The molecule has 7 nitrogen and oxygen atoms in total. The van der Waals surface area contributed by atoms with Crippen molar-refractivity contribution in [2.75, 3.05) is 5.32 Å². The summed E-state index contributed by atoms with van der Waals surface area (Å²) in [5.74, 6) is -0.303. The predicted octanol–water partition coefficient (Wildman–Crippen LogP) is 3.47. The van der Waals surface area contributed by atoms with Crippen molar-refractivity contribution in [2.45, 2.75) is 13.0 Å². The normalized spacial score (nSPS) is 11.6. The van der Waals surface area contributed by atoms with Crippen molar-refractivity contribution in [1.29, 1.82) is 0 Å². The van der Waals surface area contributed by atoms with Gasteiger partial charge in [-0.1, -0.05) is 15.9 Å². The van der Waals surface area contributed by atoms with E-state index in [2.05, 4.69) is 21.2 Å². The number of amides is 1. The van der Waals surface area contributed by atoms with Crippen LogP contribution in [0.1, 0.15) is 6.92 Å². The molecule has 0 aliphatic heterocycles. The Bertz CT molecular complexity index is 733. The summed E-state index contributed by atoms with van der Waals surface area (Å²) in [5, 5.41) is 22.8. The summed E-state index contributed by atoms with van der Waals surface area (Å²) >= 11 is 3.29. The van der Waals surface area contributed by atoms with Crippen LogP contribution >= 0.6 is 15.9 Å². The van der Waals surface area contributed by atoms with Gasteiger partial charge in [-0.25, -0.2) is 0 Å². The fourth-order valence-corrected chi connectivity index (χ4v) is 2.01. The molecule has 0 saturated carbocycles. The van der Waals surface area contributed by atoms with Gasteiger partial charge in [-0.15, -0.1) is 0 Å². The third-order valence-electron chi connectivity index (χ3n) is 2.94. The number of carbonyl (C=O) groups is 1. The summed E-state index contributed by atoms with van der Waals surface area (Å²) in [7, 11) is 0. The SMILES string of the molecule is CC(Oc1ccc(Br)cc1)C(=O)Nc1cc([N+](=O)[O-])ccc1O. The summed E-state index contributed by atoms with van der Waals surface area (Å²) in [5.41, 5.74) is -0.282. The number of ether oxygens (including phenoxy) is 1. The minimum absolute atomic E-state index is 0.0459. The van der Waals surface area contributed by atoms with E-state index < -0.39 is 16.9 Å². The van der Waals surface area contributed by atoms with Gasteiger partial charge in [0.25, 0.3) is 11.6 Å². The first-order valence-corrected chi connectivity index (χ1v) is 7.36. The minimum Gasteiger partial charge on any atom is -0.506 e. The highest BCUT2D eigenvalue weighted by molar-refractivity contribution is 9.10. The second-order valence-electron chi connectivity index (χ2n) is 4.66. The molecule has 0 aliphatic rings. The number of hydrogen-bond acceptors (Lipinski definition) is 5. The number of phenols is 1. The topological polar surface area (TPSA) is 102 Å². The highest BCUT2D eigenvalue weighted by Crippen LogP contribution is 2.28. The van der Waals surface area contributed by atoms with Gasteiger partial charge < -0.3 is 15.2 Å². The van der Waals surface area contributed by atoms with E-state index in [9.17, 15) is 20.0 Å². The number of nitro benzene ring substituents is 1. The van der Waals surface area contributed by atoms with Gasteiger partial charge in [0.1, 0.15) is 11.5 Å². The number of nitrogens with one attached hydrogen (secondary N) is 1. The van der Waals surface area contributed by atoms with E-state index in [1.54, 1.807) is 24.3 Å². The van der Waals surface area contributed by atoms with Gasteiger partial charge in [0.2, 0.25) is 0 Å². The maximum Gasteiger partial charge on any atom is 0.271 e. The number of anilines is 1. The zero-order valence-corrected chi connectivity index (χ0v) is 13.6. The molecular weight excluding hydrogens is 368 g/mol. The molecule has 0 aliphatic carbocycles. The highest BCUT2D eigenvalue weighted by Gasteiger charge is 2.18. The zero-order chi connectivity index (χ0) is 17.0. The first kappa shape index (κ1) is 16.8. The van der Waals surface area contributed by atoms with Gasteiger partial charge in [-0.05, 0) is 37.3 Å². The molecule has 0 heterocycles. The Morgan fingerprint density at radius 2 is 1.96 bits per heavy atom. The van der Waals surface area contributed by atoms with E-state index in [1.165, 1.54) is 6.92 Å². The Hall–Kier alpha value is -2.61. The molecule has 23 heavy (non-hydrogen) atoms. The lowest BCUT2D eigenvalue weighted by atomic mass is 10.2. The first-order valence-electron chi connectivity index (χ1n) is 6.57. The standard InChI is InChI=1S/C15H13BrN2O5/c1-9(23-12-5-2-10(16)3-6-12)15(20)17-13-8-11(18(21)22)4-7-14(13)19/h2-9,19H,1H3,(H,17,20). The fraction of sp³-hybridized carbons (Fsp3) is 0.133.